The van der Waals surface area contributed by atoms with Crippen molar-refractivity contribution >= 4 is 12.0 Å². The highest BCUT2D eigenvalue weighted by atomic mass is 19.1. The van der Waals surface area contributed by atoms with Crippen LogP contribution in [0.5, 0.6) is 5.75 Å². The zero-order chi connectivity index (χ0) is 17.3. The first kappa shape index (κ1) is 15.9. The molecule has 25 heavy (non-hydrogen) atoms. The van der Waals surface area contributed by atoms with Gasteiger partial charge in [0.1, 0.15) is 17.2 Å². The van der Waals surface area contributed by atoms with Crippen molar-refractivity contribution in [1.29, 1.82) is 0 Å². The maximum absolute atomic E-state index is 13.7. The second-order valence-corrected chi connectivity index (χ2v) is 6.83. The van der Waals surface area contributed by atoms with Crippen LogP contribution in [0.3, 0.4) is 0 Å². The average molecular weight is 337 g/mol. The molecule has 1 saturated carbocycles. The van der Waals surface area contributed by atoms with Crippen LogP contribution in [-0.4, -0.2) is 11.5 Å². The predicted molar refractivity (Wildman–Crippen MR) is 94.6 cm³/mol. The molecule has 0 aromatic heterocycles. The molecule has 1 fully saturated rings. The summed E-state index contributed by atoms with van der Waals surface area (Å²) in [6.45, 7) is 0. The van der Waals surface area contributed by atoms with Gasteiger partial charge < -0.3 is 10.1 Å². The maximum atomic E-state index is 13.7. The van der Waals surface area contributed by atoms with E-state index in [4.69, 9.17) is 4.74 Å². The Balaban J connectivity index is 1.53. The Kier molecular flexibility index (Phi) is 4.04. The molecule has 1 N–H and O–H groups in total. The normalized spacial score (nSPS) is 20.6. The van der Waals surface area contributed by atoms with Crippen molar-refractivity contribution in [2.45, 2.75) is 37.3 Å². The number of halogens is 1. The molecule has 1 aliphatic heterocycles. The van der Waals surface area contributed by atoms with Crippen molar-refractivity contribution in [3.05, 3.63) is 71.6 Å². The minimum absolute atomic E-state index is 0.180. The van der Waals surface area contributed by atoms with E-state index in [1.54, 1.807) is 12.1 Å². The highest BCUT2D eigenvalue weighted by Gasteiger charge is 2.45. The summed E-state index contributed by atoms with van der Waals surface area (Å²) < 4.78 is 19.8. The van der Waals surface area contributed by atoms with Gasteiger partial charge >= 0.3 is 0 Å². The third kappa shape index (κ3) is 3.29. The molecule has 3 nitrogen and oxygen atoms in total. The van der Waals surface area contributed by atoms with Crippen LogP contribution in [0.15, 0.2) is 54.6 Å². The topological polar surface area (TPSA) is 38.3 Å². The van der Waals surface area contributed by atoms with Crippen molar-refractivity contribution < 1.29 is 13.9 Å². The van der Waals surface area contributed by atoms with E-state index in [9.17, 15) is 9.18 Å². The van der Waals surface area contributed by atoms with E-state index in [0.717, 1.165) is 30.4 Å². The molecule has 4 heteroatoms. The van der Waals surface area contributed by atoms with Crippen LogP contribution in [0, 0.1) is 5.82 Å². The lowest BCUT2D eigenvalue weighted by atomic mass is 9.73. The van der Waals surface area contributed by atoms with Gasteiger partial charge in [-0.25, -0.2) is 4.39 Å². The van der Waals surface area contributed by atoms with Crippen molar-refractivity contribution in [2.24, 2.45) is 0 Å². The summed E-state index contributed by atoms with van der Waals surface area (Å²) in [5.74, 6) is 0.191. The molecular weight excluding hydrogens is 317 g/mol. The molecule has 0 bridgehead atoms. The summed E-state index contributed by atoms with van der Waals surface area (Å²) in [5, 5.41) is 3.02. The molecule has 4 rings (SSSR count). The lowest BCUT2D eigenvalue weighted by molar-refractivity contribution is -0.118. The van der Waals surface area contributed by atoms with Gasteiger partial charge in [-0.2, -0.15) is 0 Å². The fraction of sp³-hybridized carbons (Fsp3) is 0.286. The monoisotopic (exact) mass is 337 g/mol. The van der Waals surface area contributed by atoms with Crippen molar-refractivity contribution in [1.82, 2.24) is 5.32 Å². The molecule has 0 saturated heterocycles. The summed E-state index contributed by atoms with van der Waals surface area (Å²) in [7, 11) is 0. The number of carbonyl (C=O) groups is 1. The second kappa shape index (κ2) is 6.36. The third-order valence-electron chi connectivity index (χ3n) is 5.06. The molecular formula is C21H20FNO2. The predicted octanol–water partition coefficient (Wildman–Crippen LogP) is 4.40. The molecule has 1 amide bonds. The molecule has 1 aliphatic carbocycles. The smallest absolute Gasteiger partial charge is 0.244 e. The fourth-order valence-electron chi connectivity index (χ4n) is 3.60. The van der Waals surface area contributed by atoms with Gasteiger partial charge in [-0.15, -0.1) is 0 Å². The molecule has 0 radical (unpaired) electrons. The highest BCUT2D eigenvalue weighted by Crippen LogP contribution is 2.48. The summed E-state index contributed by atoms with van der Waals surface area (Å²) in [4.78, 5) is 12.4. The number of rotatable bonds is 3. The fourth-order valence-corrected chi connectivity index (χ4v) is 3.60. The van der Waals surface area contributed by atoms with E-state index in [1.807, 2.05) is 30.3 Å². The quantitative estimate of drug-likeness (QED) is 0.843. The average Bonchev–Trinajstić information content (AvgIpc) is 2.60. The Morgan fingerprint density at radius 1 is 1.20 bits per heavy atom. The van der Waals surface area contributed by atoms with Crippen molar-refractivity contribution in [3.63, 3.8) is 0 Å². The molecule has 1 spiro atoms. The van der Waals surface area contributed by atoms with Crippen LogP contribution in [-0.2, 0) is 4.79 Å². The Morgan fingerprint density at radius 3 is 2.72 bits per heavy atom. The van der Waals surface area contributed by atoms with Crippen LogP contribution in [0.1, 0.15) is 42.9 Å². The molecule has 1 heterocycles. The number of amides is 1. The number of hydrogen-bond acceptors (Lipinski definition) is 2. The van der Waals surface area contributed by atoms with Crippen LogP contribution in [0.2, 0.25) is 0 Å². The number of fused-ring (bicyclic) bond motifs is 1. The van der Waals surface area contributed by atoms with Crippen molar-refractivity contribution in [2.75, 3.05) is 0 Å². The van der Waals surface area contributed by atoms with E-state index in [0.29, 0.717) is 12.2 Å². The van der Waals surface area contributed by atoms with Gasteiger partial charge in [0.05, 0.1) is 6.04 Å². The van der Waals surface area contributed by atoms with Crippen LogP contribution < -0.4 is 10.1 Å². The number of nitrogens with one attached hydrogen (secondary N) is 1. The van der Waals surface area contributed by atoms with Crippen LogP contribution in [0.25, 0.3) is 6.08 Å². The van der Waals surface area contributed by atoms with Gasteiger partial charge in [0.25, 0.3) is 0 Å². The summed E-state index contributed by atoms with van der Waals surface area (Å²) in [5.41, 5.74) is 1.48. The van der Waals surface area contributed by atoms with Gasteiger partial charge in [0.15, 0.2) is 0 Å². The number of carbonyl (C=O) groups excluding carboxylic acids is 1. The van der Waals surface area contributed by atoms with E-state index in [1.165, 1.54) is 18.2 Å². The van der Waals surface area contributed by atoms with E-state index in [-0.39, 0.29) is 23.4 Å². The standard InChI is InChI=1S/C21H20FNO2/c22-16-8-9-19-17(13-16)18(14-21(25-19)11-4-12-21)23-20(24)10-7-15-5-2-1-3-6-15/h1-3,5-10,13,18H,4,11-12,14H2,(H,23,24)/b10-7+. The lowest BCUT2D eigenvalue weighted by Crippen LogP contribution is -2.49. The molecule has 1 atom stereocenters. The number of hydrogen-bond donors (Lipinski definition) is 1. The Labute approximate surface area is 146 Å². The first-order valence-electron chi connectivity index (χ1n) is 8.66. The first-order valence-corrected chi connectivity index (χ1v) is 8.66. The minimum atomic E-state index is -0.314. The highest BCUT2D eigenvalue weighted by molar-refractivity contribution is 5.92. The molecule has 2 aliphatic rings. The van der Waals surface area contributed by atoms with Crippen LogP contribution >= 0.6 is 0 Å². The molecule has 2 aromatic rings. The van der Waals surface area contributed by atoms with E-state index in [2.05, 4.69) is 5.32 Å². The molecule has 128 valence electrons. The molecule has 1 unspecified atom stereocenters. The zero-order valence-electron chi connectivity index (χ0n) is 13.9. The second-order valence-electron chi connectivity index (χ2n) is 6.83. The number of benzene rings is 2. The largest absolute Gasteiger partial charge is 0.487 e. The first-order chi connectivity index (χ1) is 12.1. The van der Waals surface area contributed by atoms with Gasteiger partial charge in [-0.3, -0.25) is 4.79 Å². The Morgan fingerprint density at radius 2 is 2.00 bits per heavy atom. The van der Waals surface area contributed by atoms with Gasteiger partial charge in [0, 0.05) is 18.1 Å². The van der Waals surface area contributed by atoms with Gasteiger partial charge in [0.2, 0.25) is 5.91 Å². The number of ether oxygens (including phenoxy) is 1. The van der Waals surface area contributed by atoms with Crippen LogP contribution in [0.4, 0.5) is 4.39 Å². The van der Waals surface area contributed by atoms with Crippen molar-refractivity contribution in [3.8, 4) is 5.75 Å². The summed E-state index contributed by atoms with van der Waals surface area (Å²) >= 11 is 0. The zero-order valence-corrected chi connectivity index (χ0v) is 13.9. The summed E-state index contributed by atoms with van der Waals surface area (Å²) in [6, 6.07) is 14.0. The van der Waals surface area contributed by atoms with Gasteiger partial charge in [-0.1, -0.05) is 30.3 Å². The lowest BCUT2D eigenvalue weighted by Gasteiger charge is -2.48. The maximum Gasteiger partial charge on any atom is 0.244 e. The SMILES string of the molecule is O=C(/C=C/c1ccccc1)NC1CC2(CCC2)Oc2ccc(F)cc21. The molecule has 2 aromatic carbocycles. The third-order valence-corrected chi connectivity index (χ3v) is 5.06. The van der Waals surface area contributed by atoms with E-state index < -0.39 is 0 Å². The minimum Gasteiger partial charge on any atom is -0.487 e. The summed E-state index contributed by atoms with van der Waals surface area (Å²) in [6.07, 6.45) is 7.09. The van der Waals surface area contributed by atoms with Gasteiger partial charge in [-0.05, 0) is 49.1 Å². The Hall–Kier alpha value is -2.62. The van der Waals surface area contributed by atoms with E-state index >= 15 is 0 Å². The Bertz CT molecular complexity index is 812.